The molecule has 5 heteroatoms. The van der Waals surface area contributed by atoms with Crippen LogP contribution in [0.1, 0.15) is 104 Å². The predicted octanol–water partition coefficient (Wildman–Crippen LogP) is 2.97. The Kier molecular flexibility index (Phi) is 29.0. The Morgan fingerprint density at radius 1 is 0.565 bits per heavy atom. The molecule has 0 aliphatic carbocycles. The Morgan fingerprint density at radius 2 is 0.826 bits per heavy atom. The first kappa shape index (κ1) is 27.7. The van der Waals surface area contributed by atoms with Gasteiger partial charge < -0.3 is 19.8 Å². The SMILES string of the molecule is CCCCCCCCC(=O)[O-].CCCCCCCCC(=O)[O-].[Zr+2]. The number of aliphatic carboxylic acids is 2. The number of hydrogen-bond donors (Lipinski definition) is 0. The molecule has 0 atom stereocenters. The third kappa shape index (κ3) is 34.3. The summed E-state index contributed by atoms with van der Waals surface area (Å²) in [5.41, 5.74) is 0. The quantitative estimate of drug-likeness (QED) is 0.416. The van der Waals surface area contributed by atoms with Crippen molar-refractivity contribution in [3.8, 4) is 0 Å². The molecule has 0 aromatic rings. The summed E-state index contributed by atoms with van der Waals surface area (Å²) in [5.74, 6) is -1.83. The molecule has 0 N–H and O–H groups in total. The van der Waals surface area contributed by atoms with E-state index in [9.17, 15) is 19.8 Å². The molecule has 0 aromatic heterocycles. The van der Waals surface area contributed by atoms with E-state index in [4.69, 9.17) is 0 Å². The number of carboxylic acids is 2. The van der Waals surface area contributed by atoms with Crippen LogP contribution in [-0.4, -0.2) is 11.9 Å². The molecule has 0 unspecified atom stereocenters. The van der Waals surface area contributed by atoms with Crippen LogP contribution in [0.2, 0.25) is 0 Å². The van der Waals surface area contributed by atoms with Crippen LogP contribution >= 0.6 is 0 Å². The minimum Gasteiger partial charge on any atom is -0.550 e. The smallest absolute Gasteiger partial charge is 0.550 e. The van der Waals surface area contributed by atoms with Crippen LogP contribution in [0.25, 0.3) is 0 Å². The molecule has 0 heterocycles. The second-order valence-corrected chi connectivity index (χ2v) is 5.78. The van der Waals surface area contributed by atoms with Gasteiger partial charge in [-0.3, -0.25) is 0 Å². The minimum absolute atomic E-state index is 0. The van der Waals surface area contributed by atoms with Gasteiger partial charge in [0.05, 0.1) is 0 Å². The van der Waals surface area contributed by atoms with Crippen LogP contribution in [0.4, 0.5) is 0 Å². The summed E-state index contributed by atoms with van der Waals surface area (Å²) in [6.45, 7) is 4.34. The topological polar surface area (TPSA) is 80.3 Å². The molecule has 0 amide bonds. The summed E-state index contributed by atoms with van der Waals surface area (Å²) in [6.07, 6.45) is 13.9. The molecular weight excluding hydrogens is 371 g/mol. The number of carbonyl (C=O) groups is 2. The van der Waals surface area contributed by atoms with E-state index in [2.05, 4.69) is 13.8 Å². The van der Waals surface area contributed by atoms with Crippen molar-refractivity contribution in [2.75, 3.05) is 0 Å². The second-order valence-electron chi connectivity index (χ2n) is 5.78. The molecule has 0 saturated heterocycles. The molecule has 0 spiro atoms. The van der Waals surface area contributed by atoms with Crippen LogP contribution in [-0.2, 0) is 35.8 Å². The molecule has 0 bridgehead atoms. The minimum atomic E-state index is -0.916. The Morgan fingerprint density at radius 3 is 1.09 bits per heavy atom. The van der Waals surface area contributed by atoms with E-state index in [1.807, 2.05) is 0 Å². The summed E-state index contributed by atoms with van der Waals surface area (Å²) < 4.78 is 0. The molecule has 0 aliphatic heterocycles. The predicted molar refractivity (Wildman–Crippen MR) is 86.0 cm³/mol. The van der Waals surface area contributed by atoms with Crippen molar-refractivity contribution in [3.05, 3.63) is 0 Å². The first-order chi connectivity index (χ1) is 10.5. The molecule has 0 aliphatic rings. The maximum Gasteiger partial charge on any atom is 2.00 e. The molecule has 23 heavy (non-hydrogen) atoms. The Balaban J connectivity index is -0.000000333. The molecule has 0 fully saturated rings. The average molecular weight is 406 g/mol. The summed E-state index contributed by atoms with van der Waals surface area (Å²) in [5, 5.41) is 20.0. The van der Waals surface area contributed by atoms with E-state index in [1.165, 1.54) is 51.4 Å². The fourth-order valence-corrected chi connectivity index (χ4v) is 2.10. The van der Waals surface area contributed by atoms with Gasteiger partial charge in [-0.15, -0.1) is 0 Å². The van der Waals surface area contributed by atoms with Gasteiger partial charge in [-0.25, -0.2) is 0 Å². The zero-order valence-electron chi connectivity index (χ0n) is 15.0. The molecule has 0 saturated carbocycles. The van der Waals surface area contributed by atoms with Crippen molar-refractivity contribution in [1.82, 2.24) is 0 Å². The first-order valence-electron chi connectivity index (χ1n) is 8.94. The number of carbonyl (C=O) groups excluding carboxylic acids is 2. The Hall–Kier alpha value is -0.177. The molecule has 0 aromatic carbocycles. The van der Waals surface area contributed by atoms with Gasteiger partial charge in [0.1, 0.15) is 0 Å². The van der Waals surface area contributed by atoms with Gasteiger partial charge in [0, 0.05) is 11.9 Å². The van der Waals surface area contributed by atoms with Crippen molar-refractivity contribution < 1.29 is 46.0 Å². The molecule has 0 rings (SSSR count). The van der Waals surface area contributed by atoms with E-state index in [0.717, 1.165) is 25.7 Å². The zero-order chi connectivity index (χ0) is 17.1. The molecule has 4 nitrogen and oxygen atoms in total. The van der Waals surface area contributed by atoms with Crippen LogP contribution in [0, 0.1) is 0 Å². The van der Waals surface area contributed by atoms with Crippen LogP contribution in [0.5, 0.6) is 0 Å². The number of carboxylic acid groups (broad SMARTS) is 2. The van der Waals surface area contributed by atoms with E-state index < -0.39 is 11.9 Å². The van der Waals surface area contributed by atoms with E-state index in [0.29, 0.717) is 0 Å². The van der Waals surface area contributed by atoms with Crippen molar-refractivity contribution in [3.63, 3.8) is 0 Å². The van der Waals surface area contributed by atoms with Crippen molar-refractivity contribution in [2.24, 2.45) is 0 Å². The third-order valence-corrected chi connectivity index (χ3v) is 3.47. The monoisotopic (exact) mass is 404 g/mol. The van der Waals surface area contributed by atoms with Gasteiger partial charge in [-0.1, -0.05) is 78.1 Å². The zero-order valence-corrected chi connectivity index (χ0v) is 17.5. The van der Waals surface area contributed by atoms with E-state index in [-0.39, 0.29) is 39.0 Å². The third-order valence-electron chi connectivity index (χ3n) is 3.47. The van der Waals surface area contributed by atoms with Crippen LogP contribution in [0.3, 0.4) is 0 Å². The number of rotatable bonds is 14. The normalized spacial score (nSPS) is 9.48. The summed E-state index contributed by atoms with van der Waals surface area (Å²) in [4.78, 5) is 20.0. The van der Waals surface area contributed by atoms with Gasteiger partial charge in [0.25, 0.3) is 0 Å². The average Bonchev–Trinajstić information content (AvgIpc) is 2.46. The van der Waals surface area contributed by atoms with Crippen molar-refractivity contribution >= 4 is 11.9 Å². The van der Waals surface area contributed by atoms with E-state index in [1.54, 1.807) is 0 Å². The summed E-state index contributed by atoms with van der Waals surface area (Å²) >= 11 is 0. The number of hydrogen-bond acceptors (Lipinski definition) is 4. The first-order valence-corrected chi connectivity index (χ1v) is 8.94. The maximum absolute atomic E-state index is 9.98. The summed E-state index contributed by atoms with van der Waals surface area (Å²) in [6, 6.07) is 0. The maximum atomic E-state index is 9.98. The van der Waals surface area contributed by atoms with E-state index >= 15 is 0 Å². The van der Waals surface area contributed by atoms with Crippen LogP contribution < -0.4 is 10.2 Å². The molecule has 134 valence electrons. The van der Waals surface area contributed by atoms with Crippen molar-refractivity contribution in [2.45, 2.75) is 104 Å². The van der Waals surface area contributed by atoms with Gasteiger partial charge in [-0.05, 0) is 25.7 Å². The van der Waals surface area contributed by atoms with Crippen LogP contribution in [0.15, 0.2) is 0 Å². The molecular formula is C18H34O4Zr. The van der Waals surface area contributed by atoms with Gasteiger partial charge >= 0.3 is 26.2 Å². The van der Waals surface area contributed by atoms with Gasteiger partial charge in [-0.2, -0.15) is 0 Å². The Bertz CT molecular complexity index is 231. The fourth-order valence-electron chi connectivity index (χ4n) is 2.10. The standard InChI is InChI=1S/2C9H18O2.Zr/c2*1-2-3-4-5-6-7-8-9(10)11;/h2*2-8H2,1H3,(H,10,11);/q;;+2/p-2. The summed E-state index contributed by atoms with van der Waals surface area (Å²) in [7, 11) is 0. The second kappa shape index (κ2) is 24.1. The molecule has 0 radical (unpaired) electrons. The largest absolute Gasteiger partial charge is 2.00 e. The Labute approximate surface area is 161 Å². The number of unbranched alkanes of at least 4 members (excludes halogenated alkanes) is 10. The van der Waals surface area contributed by atoms with Gasteiger partial charge in [0.2, 0.25) is 0 Å². The van der Waals surface area contributed by atoms with Gasteiger partial charge in [0.15, 0.2) is 0 Å². The fraction of sp³-hybridized carbons (Fsp3) is 0.889. The van der Waals surface area contributed by atoms with Crippen molar-refractivity contribution in [1.29, 1.82) is 0 Å².